The molecular weight excluding hydrogens is 230 g/mol. The number of thiocarbonyl (C=S) groups is 1. The van der Waals surface area contributed by atoms with E-state index in [1.165, 1.54) is 0 Å². The molecule has 0 spiro atoms. The number of halogens is 1. The summed E-state index contributed by atoms with van der Waals surface area (Å²) in [5.41, 5.74) is 6.16. The number of benzene rings is 1. The summed E-state index contributed by atoms with van der Waals surface area (Å²) < 4.78 is 0. The molecule has 0 aliphatic rings. The second-order valence-corrected chi connectivity index (χ2v) is 3.90. The maximum Gasteiger partial charge on any atom is 0.169 e. The standard InChI is InChI=1S/C10H8ClN3S/c11-7-3-1-6-2-4-9(14-10(12)15)13-8(6)5-7/h1-5H,(H3,12,13,14,15). The van der Waals surface area contributed by atoms with Crippen molar-refractivity contribution in [1.82, 2.24) is 4.98 Å². The highest BCUT2D eigenvalue weighted by atomic mass is 35.5. The average molecular weight is 238 g/mol. The molecule has 0 aliphatic carbocycles. The Morgan fingerprint density at radius 2 is 2.07 bits per heavy atom. The number of nitrogens with one attached hydrogen (secondary N) is 1. The number of fused-ring (bicyclic) bond motifs is 1. The van der Waals surface area contributed by atoms with Gasteiger partial charge in [0.25, 0.3) is 0 Å². The van der Waals surface area contributed by atoms with Crippen molar-refractivity contribution in [2.75, 3.05) is 5.32 Å². The van der Waals surface area contributed by atoms with Gasteiger partial charge in [0.2, 0.25) is 0 Å². The average Bonchev–Trinajstić information content (AvgIpc) is 2.16. The number of rotatable bonds is 1. The molecule has 0 fully saturated rings. The normalized spacial score (nSPS) is 10.2. The fraction of sp³-hybridized carbons (Fsp3) is 0. The van der Waals surface area contributed by atoms with Gasteiger partial charge in [-0.05, 0) is 36.5 Å². The first-order chi connectivity index (χ1) is 7.15. The van der Waals surface area contributed by atoms with Gasteiger partial charge in [-0.1, -0.05) is 17.7 Å². The SMILES string of the molecule is NC(=S)Nc1ccc2ccc(Cl)cc2n1. The summed E-state index contributed by atoms with van der Waals surface area (Å²) in [6.45, 7) is 0. The Hall–Kier alpha value is -1.39. The number of hydrogen-bond acceptors (Lipinski definition) is 2. The lowest BCUT2D eigenvalue weighted by atomic mass is 10.2. The Bertz CT molecular complexity index is 527. The zero-order chi connectivity index (χ0) is 10.8. The molecule has 1 aromatic carbocycles. The van der Waals surface area contributed by atoms with Crippen LogP contribution in [0.25, 0.3) is 10.9 Å². The van der Waals surface area contributed by atoms with Gasteiger partial charge >= 0.3 is 0 Å². The summed E-state index contributed by atoms with van der Waals surface area (Å²) in [7, 11) is 0. The molecule has 2 rings (SSSR count). The van der Waals surface area contributed by atoms with Crippen LogP contribution in [-0.2, 0) is 0 Å². The van der Waals surface area contributed by atoms with Gasteiger partial charge in [0, 0.05) is 10.4 Å². The Labute approximate surface area is 97.2 Å². The van der Waals surface area contributed by atoms with Crippen LogP contribution in [0, 0.1) is 0 Å². The first kappa shape index (κ1) is 10.1. The summed E-state index contributed by atoms with van der Waals surface area (Å²) in [6.07, 6.45) is 0. The highest BCUT2D eigenvalue weighted by Gasteiger charge is 1.99. The third kappa shape index (κ3) is 2.34. The lowest BCUT2D eigenvalue weighted by molar-refractivity contribution is 1.39. The number of aromatic nitrogens is 1. The van der Waals surface area contributed by atoms with Crippen LogP contribution < -0.4 is 11.1 Å². The predicted molar refractivity (Wildman–Crippen MR) is 67.2 cm³/mol. The molecule has 0 radical (unpaired) electrons. The van der Waals surface area contributed by atoms with E-state index in [-0.39, 0.29) is 5.11 Å². The zero-order valence-corrected chi connectivity index (χ0v) is 9.27. The number of nitrogens with two attached hydrogens (primary N) is 1. The van der Waals surface area contributed by atoms with Crippen molar-refractivity contribution in [3.8, 4) is 0 Å². The Morgan fingerprint density at radius 3 is 2.80 bits per heavy atom. The quantitative estimate of drug-likeness (QED) is 0.749. The van der Waals surface area contributed by atoms with Crippen molar-refractivity contribution in [1.29, 1.82) is 0 Å². The molecule has 3 N–H and O–H groups in total. The molecule has 0 amide bonds. The van der Waals surface area contributed by atoms with E-state index in [0.29, 0.717) is 10.8 Å². The van der Waals surface area contributed by atoms with E-state index in [0.717, 1.165) is 10.9 Å². The van der Waals surface area contributed by atoms with Crippen LogP contribution in [0.5, 0.6) is 0 Å². The Kier molecular flexibility index (Phi) is 2.70. The number of anilines is 1. The number of nitrogens with zero attached hydrogens (tertiary/aromatic N) is 1. The highest BCUT2D eigenvalue weighted by molar-refractivity contribution is 7.80. The van der Waals surface area contributed by atoms with Crippen LogP contribution in [0.15, 0.2) is 30.3 Å². The molecule has 5 heteroatoms. The zero-order valence-electron chi connectivity index (χ0n) is 7.70. The second-order valence-electron chi connectivity index (χ2n) is 3.02. The summed E-state index contributed by atoms with van der Waals surface area (Å²) >= 11 is 10.6. The first-order valence-electron chi connectivity index (χ1n) is 4.28. The van der Waals surface area contributed by atoms with Crippen LogP contribution >= 0.6 is 23.8 Å². The predicted octanol–water partition coefficient (Wildman–Crippen LogP) is 2.54. The molecule has 0 atom stereocenters. The largest absolute Gasteiger partial charge is 0.376 e. The maximum atomic E-state index is 5.87. The molecule has 3 nitrogen and oxygen atoms in total. The van der Waals surface area contributed by atoms with E-state index in [9.17, 15) is 0 Å². The van der Waals surface area contributed by atoms with Crippen molar-refractivity contribution in [3.05, 3.63) is 35.4 Å². The van der Waals surface area contributed by atoms with Crippen molar-refractivity contribution in [2.45, 2.75) is 0 Å². The summed E-state index contributed by atoms with van der Waals surface area (Å²) in [5.74, 6) is 0.622. The fourth-order valence-electron chi connectivity index (χ4n) is 1.29. The molecule has 0 saturated carbocycles. The van der Waals surface area contributed by atoms with E-state index in [1.54, 1.807) is 6.07 Å². The van der Waals surface area contributed by atoms with Gasteiger partial charge in [0.15, 0.2) is 5.11 Å². The summed E-state index contributed by atoms with van der Waals surface area (Å²) in [4.78, 5) is 4.31. The van der Waals surface area contributed by atoms with Crippen molar-refractivity contribution >= 4 is 45.7 Å². The summed E-state index contributed by atoms with van der Waals surface area (Å²) in [5, 5.41) is 4.65. The van der Waals surface area contributed by atoms with E-state index < -0.39 is 0 Å². The molecule has 2 aromatic rings. The van der Waals surface area contributed by atoms with Crippen molar-refractivity contribution in [2.24, 2.45) is 5.73 Å². The van der Waals surface area contributed by atoms with E-state index in [2.05, 4.69) is 10.3 Å². The minimum Gasteiger partial charge on any atom is -0.376 e. The summed E-state index contributed by atoms with van der Waals surface area (Å²) in [6, 6.07) is 9.28. The van der Waals surface area contributed by atoms with Gasteiger partial charge in [0.1, 0.15) is 5.82 Å². The fourth-order valence-corrected chi connectivity index (χ4v) is 1.56. The third-order valence-electron chi connectivity index (χ3n) is 1.91. The van der Waals surface area contributed by atoms with Gasteiger partial charge in [-0.15, -0.1) is 0 Å². The van der Waals surface area contributed by atoms with E-state index in [4.69, 9.17) is 29.6 Å². The number of pyridine rings is 1. The lowest BCUT2D eigenvalue weighted by Crippen LogP contribution is -2.19. The molecule has 0 aliphatic heterocycles. The molecule has 0 saturated heterocycles. The molecule has 76 valence electrons. The molecule has 1 aromatic heterocycles. The van der Waals surface area contributed by atoms with Crippen molar-refractivity contribution in [3.63, 3.8) is 0 Å². The van der Waals surface area contributed by atoms with E-state index >= 15 is 0 Å². The van der Waals surface area contributed by atoms with Crippen LogP contribution in [0.3, 0.4) is 0 Å². The van der Waals surface area contributed by atoms with Crippen molar-refractivity contribution < 1.29 is 0 Å². The highest BCUT2D eigenvalue weighted by Crippen LogP contribution is 2.19. The maximum absolute atomic E-state index is 5.87. The number of hydrogen-bond donors (Lipinski definition) is 2. The monoisotopic (exact) mass is 237 g/mol. The Morgan fingerprint density at radius 1 is 1.33 bits per heavy atom. The molecule has 1 heterocycles. The van der Waals surface area contributed by atoms with Crippen LogP contribution in [-0.4, -0.2) is 10.1 Å². The smallest absolute Gasteiger partial charge is 0.169 e. The van der Waals surface area contributed by atoms with Crippen LogP contribution in [0.2, 0.25) is 5.02 Å². The minimum absolute atomic E-state index is 0.198. The topological polar surface area (TPSA) is 50.9 Å². The van der Waals surface area contributed by atoms with Gasteiger partial charge in [0.05, 0.1) is 5.52 Å². The Balaban J connectivity index is 2.49. The second kappa shape index (κ2) is 4.00. The first-order valence-corrected chi connectivity index (χ1v) is 5.06. The lowest BCUT2D eigenvalue weighted by Gasteiger charge is -2.04. The van der Waals surface area contributed by atoms with Crippen LogP contribution in [0.1, 0.15) is 0 Å². The molecule has 15 heavy (non-hydrogen) atoms. The molecular formula is C10H8ClN3S. The van der Waals surface area contributed by atoms with Gasteiger partial charge < -0.3 is 11.1 Å². The third-order valence-corrected chi connectivity index (χ3v) is 2.24. The minimum atomic E-state index is 0.198. The van der Waals surface area contributed by atoms with Gasteiger partial charge in [-0.25, -0.2) is 4.98 Å². The van der Waals surface area contributed by atoms with E-state index in [1.807, 2.05) is 24.3 Å². The van der Waals surface area contributed by atoms with Crippen LogP contribution in [0.4, 0.5) is 5.82 Å². The van der Waals surface area contributed by atoms with Gasteiger partial charge in [-0.2, -0.15) is 0 Å². The molecule has 0 unspecified atom stereocenters. The van der Waals surface area contributed by atoms with Gasteiger partial charge in [-0.3, -0.25) is 0 Å². The molecule has 0 bridgehead atoms.